The van der Waals surface area contributed by atoms with Gasteiger partial charge in [-0.2, -0.15) is 0 Å². The van der Waals surface area contributed by atoms with Crippen LogP contribution in [0.1, 0.15) is 44.7 Å². The quantitative estimate of drug-likeness (QED) is 0.745. The molecule has 1 aliphatic heterocycles. The lowest BCUT2D eigenvalue weighted by Crippen LogP contribution is -2.28. The first kappa shape index (κ1) is 15.3. The molecule has 20 heavy (non-hydrogen) atoms. The van der Waals surface area contributed by atoms with E-state index in [9.17, 15) is 4.79 Å². The Morgan fingerprint density at radius 3 is 2.85 bits per heavy atom. The zero-order chi connectivity index (χ0) is 14.5. The van der Waals surface area contributed by atoms with Crippen molar-refractivity contribution in [3.63, 3.8) is 0 Å². The van der Waals surface area contributed by atoms with E-state index in [2.05, 4.69) is 40.4 Å². The van der Waals surface area contributed by atoms with Gasteiger partial charge in [-0.1, -0.05) is 20.3 Å². The SMILES string of the molecule is CCCCOc1cc2c(cc1Br)C(NCCC)C(=O)N2. The highest BCUT2D eigenvalue weighted by atomic mass is 79.9. The van der Waals surface area contributed by atoms with Gasteiger partial charge in [-0.3, -0.25) is 4.79 Å². The van der Waals surface area contributed by atoms with Gasteiger partial charge in [-0.25, -0.2) is 0 Å². The van der Waals surface area contributed by atoms with Gasteiger partial charge in [-0.15, -0.1) is 0 Å². The van der Waals surface area contributed by atoms with Crippen molar-refractivity contribution in [3.05, 3.63) is 22.2 Å². The lowest BCUT2D eigenvalue weighted by atomic mass is 10.1. The summed E-state index contributed by atoms with van der Waals surface area (Å²) in [7, 11) is 0. The number of hydrogen-bond acceptors (Lipinski definition) is 3. The van der Waals surface area contributed by atoms with Gasteiger partial charge >= 0.3 is 0 Å². The number of benzene rings is 1. The molecular formula is C15H21BrN2O2. The molecule has 4 nitrogen and oxygen atoms in total. The van der Waals surface area contributed by atoms with E-state index >= 15 is 0 Å². The van der Waals surface area contributed by atoms with E-state index in [-0.39, 0.29) is 11.9 Å². The molecule has 110 valence electrons. The molecule has 1 amide bonds. The number of hydrogen-bond donors (Lipinski definition) is 2. The number of fused-ring (bicyclic) bond motifs is 1. The van der Waals surface area contributed by atoms with Crippen LogP contribution in [0.2, 0.25) is 0 Å². The largest absolute Gasteiger partial charge is 0.492 e. The first-order valence-electron chi connectivity index (χ1n) is 7.17. The van der Waals surface area contributed by atoms with Gasteiger partial charge in [0.1, 0.15) is 11.8 Å². The van der Waals surface area contributed by atoms with E-state index in [1.54, 1.807) is 0 Å². The molecule has 0 saturated heterocycles. The molecule has 1 atom stereocenters. The summed E-state index contributed by atoms with van der Waals surface area (Å²) in [5.74, 6) is 0.791. The minimum absolute atomic E-state index is 0.00561. The summed E-state index contributed by atoms with van der Waals surface area (Å²) in [6.45, 7) is 5.73. The molecule has 5 heteroatoms. The second-order valence-corrected chi connectivity index (χ2v) is 5.80. The summed E-state index contributed by atoms with van der Waals surface area (Å²) in [5.41, 5.74) is 1.83. The number of unbranched alkanes of at least 4 members (excludes halogenated alkanes) is 1. The van der Waals surface area contributed by atoms with Crippen LogP contribution in [-0.2, 0) is 4.79 Å². The Labute approximate surface area is 128 Å². The minimum atomic E-state index is -0.258. The monoisotopic (exact) mass is 340 g/mol. The highest BCUT2D eigenvalue weighted by molar-refractivity contribution is 9.10. The van der Waals surface area contributed by atoms with Crippen molar-refractivity contribution in [1.29, 1.82) is 0 Å². The summed E-state index contributed by atoms with van der Waals surface area (Å²) < 4.78 is 6.63. The second-order valence-electron chi connectivity index (χ2n) is 4.95. The van der Waals surface area contributed by atoms with Crippen LogP contribution < -0.4 is 15.4 Å². The van der Waals surface area contributed by atoms with Crippen molar-refractivity contribution >= 4 is 27.5 Å². The molecule has 0 aromatic heterocycles. The minimum Gasteiger partial charge on any atom is -0.492 e. The molecule has 2 N–H and O–H groups in total. The Kier molecular flexibility index (Phi) is 5.43. The second kappa shape index (κ2) is 7.09. The van der Waals surface area contributed by atoms with Crippen LogP contribution in [0.5, 0.6) is 5.75 Å². The van der Waals surface area contributed by atoms with E-state index < -0.39 is 0 Å². The zero-order valence-electron chi connectivity index (χ0n) is 12.0. The molecule has 1 aromatic rings. The number of amides is 1. The molecule has 1 heterocycles. The normalized spacial score (nSPS) is 16.9. The van der Waals surface area contributed by atoms with Gasteiger partial charge in [0, 0.05) is 17.3 Å². The van der Waals surface area contributed by atoms with Gasteiger partial charge in [0.2, 0.25) is 5.91 Å². The fourth-order valence-electron chi connectivity index (χ4n) is 2.19. The number of halogens is 1. The van der Waals surface area contributed by atoms with Crippen molar-refractivity contribution in [2.24, 2.45) is 0 Å². The highest BCUT2D eigenvalue weighted by Gasteiger charge is 2.31. The molecule has 0 aliphatic carbocycles. The van der Waals surface area contributed by atoms with Gasteiger partial charge in [0.25, 0.3) is 0 Å². The van der Waals surface area contributed by atoms with Gasteiger partial charge in [0.15, 0.2) is 0 Å². The summed E-state index contributed by atoms with van der Waals surface area (Å²) in [6.07, 6.45) is 3.12. The van der Waals surface area contributed by atoms with Gasteiger partial charge in [-0.05, 0) is 41.4 Å². The van der Waals surface area contributed by atoms with Gasteiger partial charge in [0.05, 0.1) is 11.1 Å². The average molecular weight is 341 g/mol. The van der Waals surface area contributed by atoms with Crippen LogP contribution in [0, 0.1) is 0 Å². The Morgan fingerprint density at radius 2 is 2.15 bits per heavy atom. The topological polar surface area (TPSA) is 50.4 Å². The predicted octanol–water partition coefficient (Wildman–Crippen LogP) is 3.62. The third-order valence-corrected chi connectivity index (χ3v) is 3.91. The van der Waals surface area contributed by atoms with E-state index in [1.165, 1.54) is 0 Å². The number of ether oxygens (including phenoxy) is 1. The molecule has 0 spiro atoms. The van der Waals surface area contributed by atoms with E-state index in [0.717, 1.165) is 47.3 Å². The summed E-state index contributed by atoms with van der Waals surface area (Å²) in [6, 6.07) is 3.62. The number of carbonyl (C=O) groups is 1. The molecule has 1 aliphatic rings. The van der Waals surface area contributed by atoms with Crippen LogP contribution in [0.25, 0.3) is 0 Å². The molecule has 0 fully saturated rings. The Morgan fingerprint density at radius 1 is 1.35 bits per heavy atom. The van der Waals surface area contributed by atoms with Crippen LogP contribution in [0.4, 0.5) is 5.69 Å². The van der Waals surface area contributed by atoms with Gasteiger partial charge < -0.3 is 15.4 Å². The third-order valence-electron chi connectivity index (χ3n) is 3.29. The standard InChI is InChI=1S/C15H21BrN2O2/c1-3-5-7-20-13-9-12-10(8-11(13)16)14(15(19)18-12)17-6-4-2/h8-9,14,17H,3-7H2,1-2H3,(H,18,19). The molecule has 1 unspecified atom stereocenters. The molecule has 0 bridgehead atoms. The third kappa shape index (κ3) is 3.33. The van der Waals surface area contributed by atoms with Crippen molar-refractivity contribution in [2.45, 2.75) is 39.2 Å². The van der Waals surface area contributed by atoms with Crippen molar-refractivity contribution in [1.82, 2.24) is 5.32 Å². The maximum absolute atomic E-state index is 12.0. The number of carbonyl (C=O) groups excluding carboxylic acids is 1. The van der Waals surface area contributed by atoms with Crippen LogP contribution >= 0.6 is 15.9 Å². The fourth-order valence-corrected chi connectivity index (χ4v) is 2.67. The van der Waals surface area contributed by atoms with Crippen LogP contribution in [0.15, 0.2) is 16.6 Å². The van der Waals surface area contributed by atoms with Crippen LogP contribution in [0.3, 0.4) is 0 Å². The number of nitrogens with one attached hydrogen (secondary N) is 2. The average Bonchev–Trinajstić information content (AvgIpc) is 2.72. The smallest absolute Gasteiger partial charge is 0.246 e. The van der Waals surface area contributed by atoms with E-state index in [1.807, 2.05) is 12.1 Å². The predicted molar refractivity (Wildman–Crippen MR) is 84.2 cm³/mol. The molecule has 1 aromatic carbocycles. The molecule has 2 rings (SSSR count). The first-order chi connectivity index (χ1) is 9.67. The Hall–Kier alpha value is -1.07. The van der Waals surface area contributed by atoms with E-state index in [0.29, 0.717) is 6.61 Å². The lowest BCUT2D eigenvalue weighted by Gasteiger charge is -2.13. The maximum atomic E-state index is 12.0. The molecular weight excluding hydrogens is 320 g/mol. The summed E-state index contributed by atoms with van der Waals surface area (Å²) in [4.78, 5) is 12.0. The summed E-state index contributed by atoms with van der Waals surface area (Å²) in [5, 5.41) is 6.17. The van der Waals surface area contributed by atoms with Crippen molar-refractivity contribution in [2.75, 3.05) is 18.5 Å². The zero-order valence-corrected chi connectivity index (χ0v) is 13.5. The molecule has 0 saturated carbocycles. The van der Waals surface area contributed by atoms with E-state index in [4.69, 9.17) is 4.74 Å². The number of anilines is 1. The number of rotatable bonds is 7. The van der Waals surface area contributed by atoms with Crippen molar-refractivity contribution < 1.29 is 9.53 Å². The fraction of sp³-hybridized carbons (Fsp3) is 0.533. The van der Waals surface area contributed by atoms with Crippen LogP contribution in [-0.4, -0.2) is 19.1 Å². The molecule has 0 radical (unpaired) electrons. The van der Waals surface area contributed by atoms with Crippen molar-refractivity contribution in [3.8, 4) is 5.75 Å². The first-order valence-corrected chi connectivity index (χ1v) is 7.97. The Bertz CT molecular complexity index is 491. The maximum Gasteiger partial charge on any atom is 0.246 e. The highest BCUT2D eigenvalue weighted by Crippen LogP contribution is 2.38. The summed E-state index contributed by atoms with van der Waals surface area (Å²) >= 11 is 3.53. The lowest BCUT2D eigenvalue weighted by molar-refractivity contribution is -0.117. The Balaban J connectivity index is 2.16.